The number of hydrogen-bond donors (Lipinski definition) is 1. The second kappa shape index (κ2) is 10.1. The smallest absolute Gasteiger partial charge is 0.368 e. The Balaban J connectivity index is 1.58. The molecule has 2 amide bonds. The third-order valence-corrected chi connectivity index (χ3v) is 5.53. The van der Waals surface area contributed by atoms with E-state index < -0.39 is 17.6 Å². The number of anilines is 1. The molecular weight excluding hydrogens is 419 g/mol. The van der Waals surface area contributed by atoms with E-state index in [4.69, 9.17) is 0 Å². The van der Waals surface area contributed by atoms with Crippen LogP contribution in [0.3, 0.4) is 0 Å². The molecule has 0 radical (unpaired) electrons. The topological polar surface area (TPSA) is 52.7 Å². The molecule has 1 aliphatic heterocycles. The van der Waals surface area contributed by atoms with E-state index in [0.717, 1.165) is 18.2 Å². The monoisotopic (exact) mass is 447 g/mol. The van der Waals surface area contributed by atoms with Crippen LogP contribution in [0.1, 0.15) is 46.5 Å². The lowest BCUT2D eigenvalue weighted by Gasteiger charge is -2.36. The van der Waals surface area contributed by atoms with Crippen molar-refractivity contribution in [2.75, 3.05) is 37.6 Å². The molecule has 1 N–H and O–H groups in total. The molecule has 0 saturated carbocycles. The zero-order chi connectivity index (χ0) is 23.3. The molecule has 0 atom stereocenters. The number of amides is 2. The predicted octanol–water partition coefficient (Wildman–Crippen LogP) is 4.44. The lowest BCUT2D eigenvalue weighted by Crippen LogP contribution is -2.49. The van der Waals surface area contributed by atoms with Crippen molar-refractivity contribution in [1.82, 2.24) is 10.2 Å². The lowest BCUT2D eigenvalue weighted by atomic mass is 10.1. The Morgan fingerprint density at radius 3 is 2.19 bits per heavy atom. The average molecular weight is 448 g/mol. The van der Waals surface area contributed by atoms with E-state index in [1.165, 1.54) is 23.1 Å². The van der Waals surface area contributed by atoms with E-state index in [1.807, 2.05) is 12.1 Å². The first-order valence-electron chi connectivity index (χ1n) is 10.8. The molecule has 172 valence electrons. The predicted molar refractivity (Wildman–Crippen MR) is 118 cm³/mol. The summed E-state index contributed by atoms with van der Waals surface area (Å²) in [6.45, 7) is 6.48. The number of carbonyl (C=O) groups excluding carboxylic acids is 2. The maximum Gasteiger partial charge on any atom is 0.417 e. The van der Waals surface area contributed by atoms with Gasteiger partial charge in [0, 0.05) is 44.0 Å². The third kappa shape index (κ3) is 5.81. The minimum atomic E-state index is -4.57. The summed E-state index contributed by atoms with van der Waals surface area (Å²) in [5.41, 5.74) is 0.262. The Hall–Kier alpha value is -3.03. The fourth-order valence-corrected chi connectivity index (χ4v) is 3.65. The van der Waals surface area contributed by atoms with Crippen molar-refractivity contribution in [2.24, 2.45) is 5.92 Å². The summed E-state index contributed by atoms with van der Waals surface area (Å²) in [4.78, 5) is 28.4. The molecule has 0 unspecified atom stereocenters. The SMILES string of the molecule is CC(C)CCNC(=O)c1ccc(N2CCN(C(=O)c3ccccc3C(F)(F)F)CC2)cc1. The van der Waals surface area contributed by atoms with Gasteiger partial charge in [0.05, 0.1) is 11.1 Å². The number of piperazine rings is 1. The van der Waals surface area contributed by atoms with Crippen LogP contribution < -0.4 is 10.2 Å². The summed E-state index contributed by atoms with van der Waals surface area (Å²) in [5, 5.41) is 2.90. The fourth-order valence-electron chi connectivity index (χ4n) is 3.65. The molecule has 1 saturated heterocycles. The molecular formula is C24H28F3N3O2. The van der Waals surface area contributed by atoms with Gasteiger partial charge in [-0.25, -0.2) is 0 Å². The summed E-state index contributed by atoms with van der Waals surface area (Å²) in [6.07, 6.45) is -3.66. The van der Waals surface area contributed by atoms with Crippen molar-refractivity contribution in [1.29, 1.82) is 0 Å². The van der Waals surface area contributed by atoms with Gasteiger partial charge in [-0.1, -0.05) is 26.0 Å². The highest BCUT2D eigenvalue weighted by Gasteiger charge is 2.36. The van der Waals surface area contributed by atoms with Crippen LogP contribution >= 0.6 is 0 Å². The van der Waals surface area contributed by atoms with Crippen LogP contribution in [0.15, 0.2) is 48.5 Å². The molecule has 5 nitrogen and oxygen atoms in total. The first-order valence-corrected chi connectivity index (χ1v) is 10.8. The molecule has 0 aliphatic carbocycles. The molecule has 0 aromatic heterocycles. The summed E-state index contributed by atoms with van der Waals surface area (Å²) in [7, 11) is 0. The van der Waals surface area contributed by atoms with E-state index >= 15 is 0 Å². The van der Waals surface area contributed by atoms with Gasteiger partial charge in [-0.05, 0) is 48.7 Å². The molecule has 3 rings (SSSR count). The Bertz CT molecular complexity index is 934. The van der Waals surface area contributed by atoms with Crippen molar-refractivity contribution in [2.45, 2.75) is 26.4 Å². The van der Waals surface area contributed by atoms with Gasteiger partial charge in [-0.15, -0.1) is 0 Å². The second-order valence-corrected chi connectivity index (χ2v) is 8.31. The number of nitrogens with one attached hydrogen (secondary N) is 1. The van der Waals surface area contributed by atoms with E-state index in [1.54, 1.807) is 12.1 Å². The van der Waals surface area contributed by atoms with Gasteiger partial charge >= 0.3 is 6.18 Å². The Morgan fingerprint density at radius 2 is 1.59 bits per heavy atom. The fraction of sp³-hybridized carbons (Fsp3) is 0.417. The Kier molecular flexibility index (Phi) is 7.43. The minimum absolute atomic E-state index is 0.115. The Labute approximate surface area is 186 Å². The molecule has 1 aliphatic rings. The number of halogens is 3. The molecule has 32 heavy (non-hydrogen) atoms. The van der Waals surface area contributed by atoms with Gasteiger partial charge in [0.25, 0.3) is 11.8 Å². The van der Waals surface area contributed by atoms with Gasteiger partial charge in [0.15, 0.2) is 0 Å². The van der Waals surface area contributed by atoms with Crippen molar-refractivity contribution in [3.8, 4) is 0 Å². The quantitative estimate of drug-likeness (QED) is 0.712. The van der Waals surface area contributed by atoms with Crippen LogP contribution in [-0.2, 0) is 6.18 Å². The highest BCUT2D eigenvalue weighted by atomic mass is 19.4. The van der Waals surface area contributed by atoms with Crippen LogP contribution in [0.25, 0.3) is 0 Å². The Morgan fingerprint density at radius 1 is 0.969 bits per heavy atom. The first-order chi connectivity index (χ1) is 15.2. The summed E-state index contributed by atoms with van der Waals surface area (Å²) < 4.78 is 39.7. The van der Waals surface area contributed by atoms with Crippen LogP contribution in [-0.4, -0.2) is 49.4 Å². The lowest BCUT2D eigenvalue weighted by molar-refractivity contribution is -0.138. The van der Waals surface area contributed by atoms with Crippen molar-refractivity contribution in [3.63, 3.8) is 0 Å². The maximum absolute atomic E-state index is 13.2. The molecule has 1 heterocycles. The summed E-state index contributed by atoms with van der Waals surface area (Å²) in [6, 6.07) is 12.1. The molecule has 8 heteroatoms. The van der Waals surface area contributed by atoms with Crippen LogP contribution in [0, 0.1) is 5.92 Å². The van der Waals surface area contributed by atoms with E-state index in [0.29, 0.717) is 44.2 Å². The number of hydrogen-bond acceptors (Lipinski definition) is 3. The largest absolute Gasteiger partial charge is 0.417 e. The first kappa shape index (κ1) is 23.6. The van der Waals surface area contributed by atoms with Crippen LogP contribution in [0.2, 0.25) is 0 Å². The van der Waals surface area contributed by atoms with Crippen LogP contribution in [0.4, 0.5) is 18.9 Å². The molecule has 1 fully saturated rings. The number of benzene rings is 2. The van der Waals surface area contributed by atoms with Crippen molar-refractivity contribution in [3.05, 3.63) is 65.2 Å². The second-order valence-electron chi connectivity index (χ2n) is 8.31. The van der Waals surface area contributed by atoms with E-state index in [9.17, 15) is 22.8 Å². The van der Waals surface area contributed by atoms with Gasteiger partial charge in [0.2, 0.25) is 0 Å². The standard InChI is InChI=1S/C24H28F3N3O2/c1-17(2)11-12-28-22(31)18-7-9-19(10-8-18)29-13-15-30(16-14-29)23(32)20-5-3-4-6-21(20)24(25,26)27/h3-10,17H,11-16H2,1-2H3,(H,28,31). The minimum Gasteiger partial charge on any atom is -0.368 e. The highest BCUT2D eigenvalue weighted by Crippen LogP contribution is 2.32. The maximum atomic E-state index is 13.2. The molecule has 2 aromatic rings. The van der Waals surface area contributed by atoms with Crippen molar-refractivity contribution < 1.29 is 22.8 Å². The third-order valence-electron chi connectivity index (χ3n) is 5.53. The summed E-state index contributed by atoms with van der Waals surface area (Å²) in [5.74, 6) is -0.202. The molecule has 0 spiro atoms. The van der Waals surface area contributed by atoms with E-state index in [-0.39, 0.29) is 11.5 Å². The number of alkyl halides is 3. The van der Waals surface area contributed by atoms with Gasteiger partial charge in [-0.3, -0.25) is 9.59 Å². The summed E-state index contributed by atoms with van der Waals surface area (Å²) >= 11 is 0. The van der Waals surface area contributed by atoms with Crippen LogP contribution in [0.5, 0.6) is 0 Å². The van der Waals surface area contributed by atoms with Gasteiger partial charge in [-0.2, -0.15) is 13.2 Å². The van der Waals surface area contributed by atoms with Gasteiger partial charge < -0.3 is 15.1 Å². The van der Waals surface area contributed by atoms with Crippen molar-refractivity contribution >= 4 is 17.5 Å². The average Bonchev–Trinajstić information content (AvgIpc) is 2.78. The zero-order valence-corrected chi connectivity index (χ0v) is 18.3. The normalized spacial score (nSPS) is 14.6. The number of rotatable bonds is 6. The number of nitrogens with zero attached hydrogens (tertiary/aromatic N) is 2. The van der Waals surface area contributed by atoms with Gasteiger partial charge in [0.1, 0.15) is 0 Å². The zero-order valence-electron chi connectivity index (χ0n) is 18.3. The highest BCUT2D eigenvalue weighted by molar-refractivity contribution is 5.96. The molecule has 2 aromatic carbocycles. The number of carbonyl (C=O) groups is 2. The van der Waals surface area contributed by atoms with E-state index in [2.05, 4.69) is 24.1 Å². The molecule has 0 bridgehead atoms.